The van der Waals surface area contributed by atoms with Gasteiger partial charge in [0.15, 0.2) is 0 Å². The van der Waals surface area contributed by atoms with Crippen molar-refractivity contribution in [3.05, 3.63) is 35.7 Å². The topological polar surface area (TPSA) is 78.1 Å². The zero-order valence-corrected chi connectivity index (χ0v) is 8.53. The molecule has 0 amide bonds. The summed E-state index contributed by atoms with van der Waals surface area (Å²) >= 11 is 0. The molecule has 0 saturated carbocycles. The van der Waals surface area contributed by atoms with Crippen molar-refractivity contribution in [1.29, 1.82) is 0 Å². The van der Waals surface area contributed by atoms with E-state index in [2.05, 4.69) is 4.98 Å². The van der Waals surface area contributed by atoms with Gasteiger partial charge in [-0.25, -0.2) is 4.98 Å². The number of hydrogen-bond donors (Lipinski definition) is 2. The summed E-state index contributed by atoms with van der Waals surface area (Å²) < 4.78 is 5.30. The van der Waals surface area contributed by atoms with Crippen molar-refractivity contribution in [2.45, 2.75) is 13.5 Å². The third-order valence-electron chi connectivity index (χ3n) is 2.20. The van der Waals surface area contributed by atoms with Crippen molar-refractivity contribution in [3.63, 3.8) is 0 Å². The number of oxazole rings is 1. The molecule has 15 heavy (non-hydrogen) atoms. The average Bonchev–Trinajstić information content (AvgIpc) is 2.65. The number of rotatable bonds is 2. The van der Waals surface area contributed by atoms with Gasteiger partial charge in [-0.05, 0) is 24.6 Å². The largest absolute Gasteiger partial charge is 0.444 e. The molecule has 1 aromatic carbocycles. The number of aromatic nitrogens is 1. The van der Waals surface area contributed by atoms with Gasteiger partial charge >= 0.3 is 0 Å². The lowest BCUT2D eigenvalue weighted by Gasteiger charge is -2.03. The smallest absolute Gasteiger partial charge is 0.228 e. The third-order valence-corrected chi connectivity index (χ3v) is 2.20. The first-order valence-corrected chi connectivity index (χ1v) is 4.71. The Kier molecular flexibility index (Phi) is 2.43. The molecule has 4 N–H and O–H groups in total. The number of hydrogen-bond acceptors (Lipinski definition) is 4. The Hall–Kier alpha value is -1.81. The quantitative estimate of drug-likeness (QED) is 0.728. The number of nitrogens with two attached hydrogens (primary N) is 2. The second-order valence-corrected chi connectivity index (χ2v) is 3.42. The van der Waals surface area contributed by atoms with Gasteiger partial charge in [0.05, 0.1) is 11.3 Å². The van der Waals surface area contributed by atoms with E-state index in [-0.39, 0.29) is 0 Å². The first-order valence-electron chi connectivity index (χ1n) is 4.71. The molecule has 2 aromatic rings. The Morgan fingerprint density at radius 3 is 2.80 bits per heavy atom. The molecule has 0 bridgehead atoms. The van der Waals surface area contributed by atoms with Crippen molar-refractivity contribution in [3.8, 4) is 11.5 Å². The highest BCUT2D eigenvalue weighted by Crippen LogP contribution is 2.26. The molecule has 1 aromatic heterocycles. The second kappa shape index (κ2) is 3.74. The summed E-state index contributed by atoms with van der Waals surface area (Å²) in [6.07, 6.45) is 1.60. The lowest BCUT2D eigenvalue weighted by molar-refractivity contribution is 0.573. The van der Waals surface area contributed by atoms with E-state index in [0.29, 0.717) is 18.1 Å². The van der Waals surface area contributed by atoms with Crippen LogP contribution in [-0.4, -0.2) is 4.98 Å². The first kappa shape index (κ1) is 9.73. The van der Waals surface area contributed by atoms with Gasteiger partial charge < -0.3 is 15.9 Å². The summed E-state index contributed by atoms with van der Waals surface area (Å²) in [5, 5.41) is 0. The lowest BCUT2D eigenvalue weighted by atomic mass is 10.1. The van der Waals surface area contributed by atoms with Crippen LogP contribution >= 0.6 is 0 Å². The van der Waals surface area contributed by atoms with Gasteiger partial charge in [0, 0.05) is 12.2 Å². The molecule has 0 aliphatic carbocycles. The van der Waals surface area contributed by atoms with E-state index < -0.39 is 0 Å². The maximum atomic E-state index is 5.84. The van der Waals surface area contributed by atoms with E-state index in [1.54, 1.807) is 6.26 Å². The second-order valence-electron chi connectivity index (χ2n) is 3.42. The molecule has 0 unspecified atom stereocenters. The molecule has 0 radical (unpaired) electrons. The summed E-state index contributed by atoms with van der Waals surface area (Å²) in [6.45, 7) is 2.35. The van der Waals surface area contributed by atoms with Crippen LogP contribution < -0.4 is 11.5 Å². The van der Waals surface area contributed by atoms with Crippen LogP contribution in [0.25, 0.3) is 11.5 Å². The highest BCUT2D eigenvalue weighted by molar-refractivity contribution is 5.71. The predicted octanol–water partition coefficient (Wildman–Crippen LogP) is 1.69. The SMILES string of the molecule is Cc1coc(-c2cc(CN)ccc2N)n1. The van der Waals surface area contributed by atoms with Crippen LogP contribution in [0.15, 0.2) is 28.9 Å². The molecule has 0 fully saturated rings. The zero-order valence-electron chi connectivity index (χ0n) is 8.53. The van der Waals surface area contributed by atoms with E-state index in [1.807, 2.05) is 25.1 Å². The minimum atomic E-state index is 0.479. The maximum absolute atomic E-state index is 5.84. The summed E-state index contributed by atoms with van der Waals surface area (Å²) in [4.78, 5) is 4.23. The van der Waals surface area contributed by atoms with Gasteiger partial charge in [-0.2, -0.15) is 0 Å². The molecule has 2 rings (SSSR count). The van der Waals surface area contributed by atoms with Crippen LogP contribution in [0.3, 0.4) is 0 Å². The molecule has 4 nitrogen and oxygen atoms in total. The monoisotopic (exact) mass is 203 g/mol. The molecule has 4 heteroatoms. The van der Waals surface area contributed by atoms with Crippen LogP contribution in [0.2, 0.25) is 0 Å². The molecule has 78 valence electrons. The number of anilines is 1. The van der Waals surface area contributed by atoms with E-state index in [1.165, 1.54) is 0 Å². The zero-order chi connectivity index (χ0) is 10.8. The Balaban J connectivity index is 2.51. The fourth-order valence-corrected chi connectivity index (χ4v) is 1.39. The van der Waals surface area contributed by atoms with Gasteiger partial charge in [0.25, 0.3) is 0 Å². The number of nitrogens with zero attached hydrogens (tertiary/aromatic N) is 1. The van der Waals surface area contributed by atoms with Crippen molar-refractivity contribution >= 4 is 5.69 Å². The van der Waals surface area contributed by atoms with E-state index in [4.69, 9.17) is 15.9 Å². The minimum Gasteiger partial charge on any atom is -0.444 e. The molecule has 0 atom stereocenters. The normalized spacial score (nSPS) is 10.5. The average molecular weight is 203 g/mol. The molecule has 0 aliphatic heterocycles. The van der Waals surface area contributed by atoms with Gasteiger partial charge in [0.1, 0.15) is 6.26 Å². The van der Waals surface area contributed by atoms with Gasteiger partial charge in [-0.3, -0.25) is 0 Å². The fourth-order valence-electron chi connectivity index (χ4n) is 1.39. The van der Waals surface area contributed by atoms with Crippen LogP contribution in [0.4, 0.5) is 5.69 Å². The Morgan fingerprint density at radius 1 is 1.40 bits per heavy atom. The predicted molar refractivity (Wildman–Crippen MR) is 59.0 cm³/mol. The van der Waals surface area contributed by atoms with Gasteiger partial charge in [-0.1, -0.05) is 6.07 Å². The molecule has 1 heterocycles. The number of nitrogen functional groups attached to an aromatic ring is 1. The molecular formula is C11H13N3O. The molecular weight excluding hydrogens is 190 g/mol. The van der Waals surface area contributed by atoms with Crippen LogP contribution in [0.1, 0.15) is 11.3 Å². The Morgan fingerprint density at radius 2 is 2.20 bits per heavy atom. The fraction of sp³-hybridized carbons (Fsp3) is 0.182. The first-order chi connectivity index (χ1) is 7.20. The summed E-state index contributed by atoms with van der Waals surface area (Å²) in [5.41, 5.74) is 14.7. The van der Waals surface area contributed by atoms with Crippen molar-refractivity contribution < 1.29 is 4.42 Å². The highest BCUT2D eigenvalue weighted by atomic mass is 16.3. The molecule has 0 spiro atoms. The van der Waals surface area contributed by atoms with Gasteiger partial charge in [0.2, 0.25) is 5.89 Å². The summed E-state index contributed by atoms with van der Waals surface area (Å²) in [5.74, 6) is 0.542. The number of aryl methyl sites for hydroxylation is 1. The van der Waals surface area contributed by atoms with Crippen LogP contribution in [0, 0.1) is 6.92 Å². The third kappa shape index (κ3) is 1.85. The van der Waals surface area contributed by atoms with Crippen molar-refractivity contribution in [1.82, 2.24) is 4.98 Å². The molecule has 0 aliphatic rings. The molecule has 0 saturated heterocycles. The van der Waals surface area contributed by atoms with E-state index in [9.17, 15) is 0 Å². The Bertz CT molecular complexity index is 476. The maximum Gasteiger partial charge on any atom is 0.228 e. The minimum absolute atomic E-state index is 0.479. The van der Waals surface area contributed by atoms with E-state index >= 15 is 0 Å². The van der Waals surface area contributed by atoms with Crippen molar-refractivity contribution in [2.75, 3.05) is 5.73 Å². The van der Waals surface area contributed by atoms with Crippen LogP contribution in [-0.2, 0) is 6.54 Å². The summed E-state index contributed by atoms with van der Waals surface area (Å²) in [7, 11) is 0. The standard InChI is InChI=1S/C11H13N3O/c1-7-6-15-11(14-7)9-4-8(5-12)2-3-10(9)13/h2-4,6H,5,12-13H2,1H3. The van der Waals surface area contributed by atoms with Crippen LogP contribution in [0.5, 0.6) is 0 Å². The Labute approximate surface area is 87.9 Å². The van der Waals surface area contributed by atoms with E-state index in [0.717, 1.165) is 16.8 Å². The number of benzene rings is 1. The van der Waals surface area contributed by atoms with Crippen molar-refractivity contribution in [2.24, 2.45) is 5.73 Å². The summed E-state index contributed by atoms with van der Waals surface area (Å²) in [6, 6.07) is 5.62. The highest BCUT2D eigenvalue weighted by Gasteiger charge is 2.08. The lowest BCUT2D eigenvalue weighted by Crippen LogP contribution is -1.98. The van der Waals surface area contributed by atoms with Gasteiger partial charge in [-0.15, -0.1) is 0 Å².